The molecule has 5 nitrogen and oxygen atoms in total. The highest BCUT2D eigenvalue weighted by atomic mass is 16.3. The zero-order chi connectivity index (χ0) is 17.3. The Kier molecular flexibility index (Phi) is 4.34. The molecule has 2 aromatic rings. The largest absolute Gasteiger partial charge is 0.444 e. The molecule has 2 atom stereocenters. The van der Waals surface area contributed by atoms with Crippen molar-refractivity contribution in [2.45, 2.75) is 39.2 Å². The zero-order valence-electron chi connectivity index (χ0n) is 14.7. The van der Waals surface area contributed by atoms with E-state index in [0.29, 0.717) is 18.4 Å². The highest BCUT2D eigenvalue weighted by Gasteiger charge is 2.49. The summed E-state index contributed by atoms with van der Waals surface area (Å²) in [4.78, 5) is 17.4. The fraction of sp³-hybridized carbons (Fsp3) is 0.500. The number of rotatable bonds is 4. The maximum atomic E-state index is 12.9. The van der Waals surface area contributed by atoms with Crippen LogP contribution < -0.4 is 10.6 Å². The summed E-state index contributed by atoms with van der Waals surface area (Å²) in [5, 5.41) is 6.52. The predicted octanol–water partition coefficient (Wildman–Crippen LogP) is 3.05. The summed E-state index contributed by atoms with van der Waals surface area (Å²) >= 11 is 0. The Bertz CT molecular complexity index is 753. The summed E-state index contributed by atoms with van der Waals surface area (Å²) in [6, 6.07) is 8.07. The Labute approximate surface area is 148 Å². The summed E-state index contributed by atoms with van der Waals surface area (Å²) in [6.07, 6.45) is 6.17. The predicted molar refractivity (Wildman–Crippen MR) is 95.8 cm³/mol. The van der Waals surface area contributed by atoms with Gasteiger partial charge in [0.05, 0.1) is 17.7 Å². The Morgan fingerprint density at radius 1 is 1.36 bits per heavy atom. The van der Waals surface area contributed by atoms with E-state index in [0.717, 1.165) is 43.6 Å². The van der Waals surface area contributed by atoms with Crippen LogP contribution in [0.5, 0.6) is 0 Å². The smallest absolute Gasteiger partial charge is 0.228 e. The number of amides is 1. The standard InChI is InChI=1S/C20H25N3O2/c1-14-5-7-15(8-6-14)18-23-17(12-25-18)11-22-19(24)20-9-3-2-4-16(20)10-21-13-20/h5-8,12,16,21H,2-4,9-11,13H2,1H3,(H,22,24)/t16-,20+/m0/s1. The SMILES string of the molecule is Cc1ccc(-c2nc(CNC(=O)[C@@]34CCCC[C@H]3CNC4)co2)cc1. The fourth-order valence-corrected chi connectivity index (χ4v) is 4.25. The van der Waals surface area contributed by atoms with Gasteiger partial charge in [0.2, 0.25) is 11.8 Å². The number of hydrogen-bond donors (Lipinski definition) is 2. The van der Waals surface area contributed by atoms with Gasteiger partial charge in [0.15, 0.2) is 0 Å². The van der Waals surface area contributed by atoms with Crippen LogP contribution in [0.1, 0.15) is 36.9 Å². The van der Waals surface area contributed by atoms with Gasteiger partial charge in [-0.15, -0.1) is 0 Å². The lowest BCUT2D eigenvalue weighted by Crippen LogP contribution is -2.47. The second-order valence-electron chi connectivity index (χ2n) is 7.42. The molecule has 4 rings (SSSR count). The highest BCUT2D eigenvalue weighted by Crippen LogP contribution is 2.43. The normalized spacial score (nSPS) is 25.6. The van der Waals surface area contributed by atoms with E-state index in [2.05, 4.69) is 22.5 Å². The van der Waals surface area contributed by atoms with Crippen molar-refractivity contribution in [1.82, 2.24) is 15.6 Å². The molecular formula is C20H25N3O2. The summed E-state index contributed by atoms with van der Waals surface area (Å²) in [5.74, 6) is 1.24. The average molecular weight is 339 g/mol. The van der Waals surface area contributed by atoms with Crippen LogP contribution in [0.4, 0.5) is 0 Å². The molecule has 1 aromatic carbocycles. The van der Waals surface area contributed by atoms with Crippen LogP contribution >= 0.6 is 0 Å². The van der Waals surface area contributed by atoms with Gasteiger partial charge in [-0.3, -0.25) is 4.79 Å². The van der Waals surface area contributed by atoms with Crippen molar-refractivity contribution in [1.29, 1.82) is 0 Å². The molecule has 2 aliphatic rings. The molecule has 25 heavy (non-hydrogen) atoms. The van der Waals surface area contributed by atoms with Crippen LogP contribution in [-0.2, 0) is 11.3 Å². The van der Waals surface area contributed by atoms with E-state index >= 15 is 0 Å². The molecule has 1 saturated heterocycles. The first-order chi connectivity index (χ1) is 12.2. The first kappa shape index (κ1) is 16.3. The monoisotopic (exact) mass is 339 g/mol. The molecule has 2 fully saturated rings. The lowest BCUT2D eigenvalue weighted by Gasteiger charge is -2.37. The van der Waals surface area contributed by atoms with Crippen molar-refractivity contribution >= 4 is 5.91 Å². The first-order valence-electron chi connectivity index (χ1n) is 9.18. The minimum absolute atomic E-state index is 0.169. The molecule has 0 radical (unpaired) electrons. The lowest BCUT2D eigenvalue weighted by molar-refractivity contribution is -0.134. The van der Waals surface area contributed by atoms with E-state index in [9.17, 15) is 4.79 Å². The molecule has 1 saturated carbocycles. The number of aromatic nitrogens is 1. The topological polar surface area (TPSA) is 67.2 Å². The summed E-state index contributed by atoms with van der Waals surface area (Å²) in [6.45, 7) is 4.24. The van der Waals surface area contributed by atoms with Gasteiger partial charge in [0.25, 0.3) is 0 Å². The molecule has 0 spiro atoms. The molecule has 0 bridgehead atoms. The van der Waals surface area contributed by atoms with Crippen LogP contribution in [0, 0.1) is 18.3 Å². The van der Waals surface area contributed by atoms with Crippen molar-refractivity contribution in [2.75, 3.05) is 13.1 Å². The number of nitrogens with zero attached hydrogens (tertiary/aromatic N) is 1. The number of fused-ring (bicyclic) bond motifs is 1. The van der Waals surface area contributed by atoms with Gasteiger partial charge >= 0.3 is 0 Å². The van der Waals surface area contributed by atoms with E-state index in [-0.39, 0.29) is 11.3 Å². The molecule has 1 aliphatic carbocycles. The molecule has 1 aromatic heterocycles. The number of hydrogen-bond acceptors (Lipinski definition) is 4. The molecule has 1 amide bonds. The van der Waals surface area contributed by atoms with Crippen molar-refractivity contribution < 1.29 is 9.21 Å². The zero-order valence-corrected chi connectivity index (χ0v) is 14.7. The molecule has 132 valence electrons. The summed E-state index contributed by atoms with van der Waals surface area (Å²) in [5.41, 5.74) is 2.70. The Morgan fingerprint density at radius 3 is 3.04 bits per heavy atom. The molecule has 0 unspecified atom stereocenters. The molecular weight excluding hydrogens is 314 g/mol. The van der Waals surface area contributed by atoms with Crippen molar-refractivity contribution in [2.24, 2.45) is 11.3 Å². The van der Waals surface area contributed by atoms with Crippen LogP contribution in [0.3, 0.4) is 0 Å². The number of aryl methyl sites for hydroxylation is 1. The minimum atomic E-state index is -0.220. The lowest BCUT2D eigenvalue weighted by atomic mass is 9.67. The summed E-state index contributed by atoms with van der Waals surface area (Å²) in [7, 11) is 0. The van der Waals surface area contributed by atoms with E-state index in [1.54, 1.807) is 6.26 Å². The van der Waals surface area contributed by atoms with E-state index < -0.39 is 0 Å². The van der Waals surface area contributed by atoms with Crippen molar-refractivity contribution in [3.05, 3.63) is 41.8 Å². The number of carbonyl (C=O) groups excluding carboxylic acids is 1. The van der Waals surface area contributed by atoms with Crippen LogP contribution in [0.2, 0.25) is 0 Å². The van der Waals surface area contributed by atoms with Gasteiger partial charge in [-0.2, -0.15) is 0 Å². The maximum Gasteiger partial charge on any atom is 0.228 e. The molecule has 2 heterocycles. The van der Waals surface area contributed by atoms with Gasteiger partial charge in [-0.05, 0) is 44.4 Å². The molecule has 2 N–H and O–H groups in total. The number of carbonyl (C=O) groups is 1. The maximum absolute atomic E-state index is 12.9. The van der Waals surface area contributed by atoms with Gasteiger partial charge in [-0.25, -0.2) is 4.98 Å². The fourth-order valence-electron chi connectivity index (χ4n) is 4.25. The third-order valence-corrected chi connectivity index (χ3v) is 5.77. The van der Waals surface area contributed by atoms with Crippen LogP contribution in [-0.4, -0.2) is 24.0 Å². The highest BCUT2D eigenvalue weighted by molar-refractivity contribution is 5.83. The van der Waals surface area contributed by atoms with E-state index in [1.165, 1.54) is 12.0 Å². The van der Waals surface area contributed by atoms with Gasteiger partial charge in [0.1, 0.15) is 6.26 Å². The Hall–Kier alpha value is -2.14. The quantitative estimate of drug-likeness (QED) is 0.898. The number of benzene rings is 1. The second-order valence-corrected chi connectivity index (χ2v) is 7.42. The van der Waals surface area contributed by atoms with Gasteiger partial charge in [0, 0.05) is 12.1 Å². The van der Waals surface area contributed by atoms with Gasteiger partial charge in [-0.1, -0.05) is 30.5 Å². The third-order valence-electron chi connectivity index (χ3n) is 5.77. The molecule has 1 aliphatic heterocycles. The van der Waals surface area contributed by atoms with E-state index in [4.69, 9.17) is 4.42 Å². The number of nitrogens with one attached hydrogen (secondary N) is 2. The number of oxazole rings is 1. The minimum Gasteiger partial charge on any atom is -0.444 e. The van der Waals surface area contributed by atoms with E-state index in [1.807, 2.05) is 24.3 Å². The van der Waals surface area contributed by atoms with Gasteiger partial charge < -0.3 is 15.1 Å². The van der Waals surface area contributed by atoms with Crippen molar-refractivity contribution in [3.63, 3.8) is 0 Å². The average Bonchev–Trinajstić information content (AvgIpc) is 3.28. The first-order valence-corrected chi connectivity index (χ1v) is 9.18. The van der Waals surface area contributed by atoms with Crippen LogP contribution in [0.15, 0.2) is 34.9 Å². The summed E-state index contributed by atoms with van der Waals surface area (Å²) < 4.78 is 5.58. The van der Waals surface area contributed by atoms with Crippen LogP contribution in [0.25, 0.3) is 11.5 Å². The second kappa shape index (κ2) is 6.64. The third kappa shape index (κ3) is 3.09. The Balaban J connectivity index is 1.41. The molecule has 5 heteroatoms. The Morgan fingerprint density at radius 2 is 2.20 bits per heavy atom. The van der Waals surface area contributed by atoms with Crippen molar-refractivity contribution in [3.8, 4) is 11.5 Å².